The molecule has 0 atom stereocenters. The number of benzene rings is 2. The second kappa shape index (κ2) is 6.57. The minimum atomic E-state index is -0.591. The topological polar surface area (TPSA) is 21.3 Å². The van der Waals surface area contributed by atoms with E-state index in [0.29, 0.717) is 29.5 Å². The van der Waals surface area contributed by atoms with Gasteiger partial charge >= 0.3 is 0 Å². The van der Waals surface area contributed by atoms with Gasteiger partial charge in [0.25, 0.3) is 0 Å². The molecule has 0 unspecified atom stereocenters. The lowest BCUT2D eigenvalue weighted by Gasteiger charge is -2.10. The number of hydrogen-bond donors (Lipinski definition) is 1. The number of rotatable bonds is 5. The van der Waals surface area contributed by atoms with Gasteiger partial charge in [-0.1, -0.05) is 11.6 Å². The van der Waals surface area contributed by atoms with Crippen molar-refractivity contribution in [3.63, 3.8) is 0 Å². The first-order valence-corrected chi connectivity index (χ1v) is 6.57. The van der Waals surface area contributed by atoms with Crippen LogP contribution in [0, 0.1) is 11.6 Å². The molecule has 2 rings (SSSR count). The Morgan fingerprint density at radius 1 is 1.10 bits per heavy atom. The summed E-state index contributed by atoms with van der Waals surface area (Å²) in [7, 11) is 0. The maximum Gasteiger partial charge on any atom is 0.138 e. The molecule has 2 nitrogen and oxygen atoms in total. The van der Waals surface area contributed by atoms with E-state index in [-0.39, 0.29) is 0 Å². The summed E-state index contributed by atoms with van der Waals surface area (Å²) in [6.45, 7) is 2.72. The Morgan fingerprint density at radius 3 is 2.40 bits per heavy atom. The smallest absolute Gasteiger partial charge is 0.138 e. The molecular formula is C15H14ClF2NO. The minimum Gasteiger partial charge on any atom is -0.492 e. The Bertz CT molecular complexity index is 584. The Kier molecular flexibility index (Phi) is 4.79. The fourth-order valence-corrected chi connectivity index (χ4v) is 2.04. The van der Waals surface area contributed by atoms with Crippen LogP contribution in [-0.2, 0) is 6.54 Å². The monoisotopic (exact) mass is 297 g/mol. The first-order chi connectivity index (χ1) is 9.58. The summed E-state index contributed by atoms with van der Waals surface area (Å²) in [5.74, 6) is -0.574. The molecule has 0 heterocycles. The Labute approximate surface area is 121 Å². The van der Waals surface area contributed by atoms with E-state index in [1.165, 1.54) is 12.1 Å². The van der Waals surface area contributed by atoms with Crippen LogP contribution in [0.25, 0.3) is 0 Å². The van der Waals surface area contributed by atoms with Crippen molar-refractivity contribution in [3.05, 3.63) is 58.6 Å². The molecule has 0 saturated carbocycles. The summed E-state index contributed by atoms with van der Waals surface area (Å²) < 4.78 is 31.4. The van der Waals surface area contributed by atoms with E-state index in [9.17, 15) is 8.78 Å². The summed E-state index contributed by atoms with van der Waals surface area (Å²) in [4.78, 5) is 0. The lowest BCUT2D eigenvalue weighted by molar-refractivity contribution is 0.340. The lowest BCUT2D eigenvalue weighted by Crippen LogP contribution is -2.01. The fourth-order valence-electron chi connectivity index (χ4n) is 1.80. The molecule has 5 heteroatoms. The highest BCUT2D eigenvalue weighted by atomic mass is 35.5. The Morgan fingerprint density at radius 2 is 1.80 bits per heavy atom. The average molecular weight is 298 g/mol. The minimum absolute atomic E-state index is 0.305. The zero-order chi connectivity index (χ0) is 14.5. The molecule has 0 aliphatic heterocycles. The van der Waals surface area contributed by atoms with Crippen molar-refractivity contribution in [2.75, 3.05) is 11.9 Å². The molecule has 0 spiro atoms. The van der Waals surface area contributed by atoms with E-state index in [1.54, 1.807) is 18.2 Å². The maximum atomic E-state index is 13.1. The van der Waals surface area contributed by atoms with Crippen molar-refractivity contribution in [1.82, 2.24) is 0 Å². The van der Waals surface area contributed by atoms with Crippen LogP contribution in [0.15, 0.2) is 36.4 Å². The molecule has 0 bridgehead atoms. The van der Waals surface area contributed by atoms with Crippen LogP contribution in [-0.4, -0.2) is 6.61 Å². The van der Waals surface area contributed by atoms with Crippen molar-refractivity contribution < 1.29 is 13.5 Å². The third-order valence-corrected chi connectivity index (χ3v) is 2.95. The second-order valence-electron chi connectivity index (χ2n) is 4.21. The molecule has 20 heavy (non-hydrogen) atoms. The molecule has 0 fully saturated rings. The first kappa shape index (κ1) is 14.6. The highest BCUT2D eigenvalue weighted by molar-refractivity contribution is 6.32. The number of halogens is 3. The third kappa shape index (κ3) is 3.84. The van der Waals surface area contributed by atoms with Gasteiger partial charge in [-0.15, -0.1) is 0 Å². The maximum absolute atomic E-state index is 13.1. The molecule has 0 aliphatic rings. The molecule has 0 saturated heterocycles. The first-order valence-electron chi connectivity index (χ1n) is 6.19. The van der Waals surface area contributed by atoms with Gasteiger partial charge in [0.05, 0.1) is 11.6 Å². The summed E-state index contributed by atoms with van der Waals surface area (Å²) in [6.07, 6.45) is 0. The Hall–Kier alpha value is -1.81. The van der Waals surface area contributed by atoms with Crippen molar-refractivity contribution in [2.45, 2.75) is 13.5 Å². The van der Waals surface area contributed by atoms with Crippen molar-refractivity contribution in [3.8, 4) is 5.75 Å². The number of ether oxygens (including phenoxy) is 1. The van der Waals surface area contributed by atoms with E-state index < -0.39 is 11.6 Å². The van der Waals surface area contributed by atoms with E-state index in [0.717, 1.165) is 11.8 Å². The van der Waals surface area contributed by atoms with E-state index in [4.69, 9.17) is 16.3 Å². The van der Waals surface area contributed by atoms with Gasteiger partial charge in [-0.05, 0) is 42.8 Å². The van der Waals surface area contributed by atoms with Crippen LogP contribution >= 0.6 is 11.6 Å². The molecule has 2 aromatic rings. The van der Waals surface area contributed by atoms with E-state index >= 15 is 0 Å². The van der Waals surface area contributed by atoms with Crippen LogP contribution in [0.4, 0.5) is 14.5 Å². The molecule has 0 radical (unpaired) electrons. The third-order valence-electron chi connectivity index (χ3n) is 2.65. The average Bonchev–Trinajstić information content (AvgIpc) is 2.38. The highest BCUT2D eigenvalue weighted by Crippen LogP contribution is 2.27. The Balaban J connectivity index is 2.05. The molecule has 0 aromatic heterocycles. The van der Waals surface area contributed by atoms with Crippen LogP contribution in [0.1, 0.15) is 12.5 Å². The predicted molar refractivity (Wildman–Crippen MR) is 76.3 cm³/mol. The lowest BCUT2D eigenvalue weighted by atomic mass is 10.2. The largest absolute Gasteiger partial charge is 0.492 e. The zero-order valence-electron chi connectivity index (χ0n) is 10.9. The number of anilines is 1. The van der Waals surface area contributed by atoms with Gasteiger partial charge in [0, 0.05) is 18.3 Å². The summed E-state index contributed by atoms with van der Waals surface area (Å²) >= 11 is 6.06. The van der Waals surface area contributed by atoms with Crippen LogP contribution in [0.3, 0.4) is 0 Å². The molecule has 1 N–H and O–H groups in total. The standard InChI is InChI=1S/C15H14ClF2NO/c1-2-20-15-4-3-13(8-14(15)16)19-9-10-5-11(17)7-12(18)6-10/h3-8,19H,2,9H2,1H3. The van der Waals surface area contributed by atoms with Gasteiger partial charge in [0.1, 0.15) is 17.4 Å². The van der Waals surface area contributed by atoms with Crippen molar-refractivity contribution in [1.29, 1.82) is 0 Å². The SMILES string of the molecule is CCOc1ccc(NCc2cc(F)cc(F)c2)cc1Cl. The van der Waals surface area contributed by atoms with Crippen LogP contribution in [0.5, 0.6) is 5.75 Å². The van der Waals surface area contributed by atoms with Gasteiger partial charge in [-0.25, -0.2) is 8.78 Å². The van der Waals surface area contributed by atoms with Gasteiger partial charge in [-0.2, -0.15) is 0 Å². The fraction of sp³-hybridized carbons (Fsp3) is 0.200. The van der Waals surface area contributed by atoms with Gasteiger partial charge < -0.3 is 10.1 Å². The van der Waals surface area contributed by atoms with Crippen LogP contribution in [0.2, 0.25) is 5.02 Å². The van der Waals surface area contributed by atoms with Gasteiger partial charge in [-0.3, -0.25) is 0 Å². The van der Waals surface area contributed by atoms with E-state index in [1.807, 2.05) is 6.92 Å². The summed E-state index contributed by atoms with van der Waals surface area (Å²) in [5, 5.41) is 3.54. The molecule has 106 valence electrons. The van der Waals surface area contributed by atoms with Gasteiger partial charge in [0.15, 0.2) is 0 Å². The van der Waals surface area contributed by atoms with Crippen molar-refractivity contribution >= 4 is 17.3 Å². The summed E-state index contributed by atoms with van der Waals surface area (Å²) in [6, 6.07) is 8.67. The van der Waals surface area contributed by atoms with Crippen molar-refractivity contribution in [2.24, 2.45) is 0 Å². The molecule has 0 amide bonds. The quantitative estimate of drug-likeness (QED) is 0.869. The molecule has 2 aromatic carbocycles. The van der Waals surface area contributed by atoms with Crippen LogP contribution < -0.4 is 10.1 Å². The highest BCUT2D eigenvalue weighted by Gasteiger charge is 2.04. The summed E-state index contributed by atoms with van der Waals surface area (Å²) in [5.41, 5.74) is 1.27. The van der Waals surface area contributed by atoms with Gasteiger partial charge in [0.2, 0.25) is 0 Å². The number of nitrogens with one attached hydrogen (secondary N) is 1. The number of hydrogen-bond acceptors (Lipinski definition) is 2. The second-order valence-corrected chi connectivity index (χ2v) is 4.62. The molecular weight excluding hydrogens is 284 g/mol. The molecule has 0 aliphatic carbocycles. The zero-order valence-corrected chi connectivity index (χ0v) is 11.7. The van der Waals surface area contributed by atoms with E-state index in [2.05, 4.69) is 5.32 Å². The normalized spacial score (nSPS) is 10.4. The predicted octanol–water partition coefficient (Wildman–Crippen LogP) is 4.63.